The maximum Gasteiger partial charge on any atom is 0.325 e. The van der Waals surface area contributed by atoms with Gasteiger partial charge >= 0.3 is 12.0 Å². The summed E-state index contributed by atoms with van der Waals surface area (Å²) in [6, 6.07) is 6.35. The first kappa shape index (κ1) is 25.3. The van der Waals surface area contributed by atoms with Gasteiger partial charge in [-0.15, -0.1) is 0 Å². The SMILES string of the molecule is CCCCN(C(=O)NCC(=O)OCC)C(CC)c1nc2ccccc2c(=O)n1CCOC. The van der Waals surface area contributed by atoms with E-state index in [1.807, 2.05) is 19.9 Å². The van der Waals surface area contributed by atoms with Crippen molar-refractivity contribution in [3.05, 3.63) is 40.4 Å². The van der Waals surface area contributed by atoms with Crippen molar-refractivity contribution in [1.82, 2.24) is 19.8 Å². The van der Waals surface area contributed by atoms with Crippen LogP contribution in [-0.2, 0) is 20.8 Å². The maximum atomic E-state index is 13.3. The molecule has 1 N–H and O–H groups in total. The van der Waals surface area contributed by atoms with Crippen LogP contribution in [0.4, 0.5) is 4.79 Å². The molecule has 0 spiro atoms. The molecule has 0 bridgehead atoms. The molecule has 0 saturated carbocycles. The number of fused-ring (bicyclic) bond motifs is 1. The number of carbonyl (C=O) groups excluding carboxylic acids is 2. The number of nitrogens with zero attached hydrogens (tertiary/aromatic N) is 3. The van der Waals surface area contributed by atoms with Gasteiger partial charge in [0.05, 0.1) is 36.7 Å². The molecule has 0 fully saturated rings. The number of hydrogen-bond donors (Lipinski definition) is 1. The zero-order valence-electron chi connectivity index (χ0n) is 19.4. The Labute approximate surface area is 188 Å². The van der Waals surface area contributed by atoms with Crippen molar-refractivity contribution in [2.75, 3.05) is 33.4 Å². The molecule has 32 heavy (non-hydrogen) atoms. The van der Waals surface area contributed by atoms with Crippen LogP contribution in [0.15, 0.2) is 29.1 Å². The van der Waals surface area contributed by atoms with Crippen LogP contribution in [0.5, 0.6) is 0 Å². The average molecular weight is 447 g/mol. The Bertz CT molecular complexity index is 959. The number of urea groups is 1. The van der Waals surface area contributed by atoms with Crippen molar-refractivity contribution >= 4 is 22.9 Å². The van der Waals surface area contributed by atoms with Crippen LogP contribution in [-0.4, -0.2) is 59.9 Å². The van der Waals surface area contributed by atoms with E-state index in [4.69, 9.17) is 14.5 Å². The third-order valence-electron chi connectivity index (χ3n) is 5.17. The fraction of sp³-hybridized carbons (Fsp3) is 0.565. The van der Waals surface area contributed by atoms with Crippen molar-refractivity contribution in [3.8, 4) is 0 Å². The molecule has 0 aliphatic carbocycles. The van der Waals surface area contributed by atoms with Crippen molar-refractivity contribution in [3.63, 3.8) is 0 Å². The van der Waals surface area contributed by atoms with Gasteiger partial charge in [-0.3, -0.25) is 14.2 Å². The Hall–Kier alpha value is -2.94. The third-order valence-corrected chi connectivity index (χ3v) is 5.17. The van der Waals surface area contributed by atoms with E-state index in [1.165, 1.54) is 0 Å². The molecule has 0 radical (unpaired) electrons. The number of hydrogen-bond acceptors (Lipinski definition) is 6. The van der Waals surface area contributed by atoms with Gasteiger partial charge in [-0.1, -0.05) is 32.4 Å². The lowest BCUT2D eigenvalue weighted by Gasteiger charge is -2.32. The molecule has 2 rings (SSSR count). The van der Waals surface area contributed by atoms with Crippen LogP contribution in [0.1, 0.15) is 51.9 Å². The Morgan fingerprint density at radius 2 is 1.97 bits per heavy atom. The Kier molecular flexibility index (Phi) is 10.1. The highest BCUT2D eigenvalue weighted by Gasteiger charge is 2.28. The second kappa shape index (κ2) is 12.8. The molecule has 2 aromatic rings. The molecule has 176 valence electrons. The minimum Gasteiger partial charge on any atom is -0.465 e. The molecule has 0 aliphatic heterocycles. The van der Waals surface area contributed by atoms with E-state index >= 15 is 0 Å². The van der Waals surface area contributed by atoms with E-state index in [0.717, 1.165) is 12.8 Å². The highest BCUT2D eigenvalue weighted by molar-refractivity contribution is 5.81. The highest BCUT2D eigenvalue weighted by atomic mass is 16.5. The second-order valence-corrected chi connectivity index (χ2v) is 7.37. The average Bonchev–Trinajstić information content (AvgIpc) is 2.80. The summed E-state index contributed by atoms with van der Waals surface area (Å²) in [5.41, 5.74) is 0.422. The first-order valence-corrected chi connectivity index (χ1v) is 11.2. The minimum atomic E-state index is -0.495. The number of ether oxygens (including phenoxy) is 2. The largest absolute Gasteiger partial charge is 0.465 e. The quantitative estimate of drug-likeness (QED) is 0.503. The molecule has 1 aromatic carbocycles. The molecular formula is C23H34N4O5. The summed E-state index contributed by atoms with van der Waals surface area (Å²) in [5.74, 6) is 0.0146. The lowest BCUT2D eigenvalue weighted by molar-refractivity contribution is -0.141. The fourth-order valence-corrected chi connectivity index (χ4v) is 3.57. The van der Waals surface area contributed by atoms with Gasteiger partial charge in [-0.2, -0.15) is 0 Å². The Balaban J connectivity index is 2.49. The predicted octanol–water partition coefficient (Wildman–Crippen LogP) is 2.87. The smallest absolute Gasteiger partial charge is 0.325 e. The van der Waals surface area contributed by atoms with Crippen LogP contribution in [0.2, 0.25) is 0 Å². The number of benzene rings is 1. The minimum absolute atomic E-state index is 0.163. The van der Waals surface area contributed by atoms with Crippen LogP contribution in [0.3, 0.4) is 0 Å². The van der Waals surface area contributed by atoms with Gasteiger partial charge in [-0.25, -0.2) is 9.78 Å². The molecule has 1 atom stereocenters. The second-order valence-electron chi connectivity index (χ2n) is 7.37. The van der Waals surface area contributed by atoms with E-state index in [1.54, 1.807) is 41.7 Å². The number of methoxy groups -OCH3 is 1. The zero-order chi connectivity index (χ0) is 23.5. The number of esters is 1. The fourth-order valence-electron chi connectivity index (χ4n) is 3.57. The van der Waals surface area contributed by atoms with Gasteiger partial charge in [0.2, 0.25) is 0 Å². The summed E-state index contributed by atoms with van der Waals surface area (Å²) in [6.07, 6.45) is 2.22. The summed E-state index contributed by atoms with van der Waals surface area (Å²) >= 11 is 0. The number of rotatable bonds is 12. The summed E-state index contributed by atoms with van der Waals surface area (Å²) < 4.78 is 11.7. The van der Waals surface area contributed by atoms with Gasteiger partial charge in [-0.05, 0) is 31.9 Å². The molecule has 9 nitrogen and oxygen atoms in total. The van der Waals surface area contributed by atoms with Crippen LogP contribution < -0.4 is 10.9 Å². The van der Waals surface area contributed by atoms with Crippen LogP contribution >= 0.6 is 0 Å². The molecule has 0 aliphatic rings. The lowest BCUT2D eigenvalue weighted by Crippen LogP contribution is -2.46. The molecular weight excluding hydrogens is 412 g/mol. The monoisotopic (exact) mass is 446 g/mol. The van der Waals surface area contributed by atoms with Crippen LogP contribution in [0, 0.1) is 0 Å². The molecule has 2 amide bonds. The lowest BCUT2D eigenvalue weighted by atomic mass is 10.1. The molecule has 1 unspecified atom stereocenters. The topological polar surface area (TPSA) is 103 Å². The summed E-state index contributed by atoms with van der Waals surface area (Å²) in [7, 11) is 1.58. The highest BCUT2D eigenvalue weighted by Crippen LogP contribution is 2.24. The molecule has 1 aromatic heterocycles. The van der Waals surface area contributed by atoms with Crippen molar-refractivity contribution in [2.45, 2.75) is 52.6 Å². The number of amides is 2. The number of para-hydroxylation sites is 1. The zero-order valence-corrected chi connectivity index (χ0v) is 19.4. The van der Waals surface area contributed by atoms with Gasteiger partial charge in [0.1, 0.15) is 12.4 Å². The summed E-state index contributed by atoms with van der Waals surface area (Å²) in [5, 5.41) is 3.17. The van der Waals surface area contributed by atoms with Crippen molar-refractivity contribution in [1.29, 1.82) is 0 Å². The first-order valence-electron chi connectivity index (χ1n) is 11.2. The molecule has 9 heteroatoms. The maximum absolute atomic E-state index is 13.3. The third kappa shape index (κ3) is 6.29. The summed E-state index contributed by atoms with van der Waals surface area (Å²) in [6.45, 7) is 6.87. The van der Waals surface area contributed by atoms with Crippen LogP contribution in [0.25, 0.3) is 10.9 Å². The van der Waals surface area contributed by atoms with E-state index in [-0.39, 0.29) is 24.7 Å². The molecule has 0 saturated heterocycles. The number of aromatic nitrogens is 2. The molecule has 1 heterocycles. The van der Waals surface area contributed by atoms with Gasteiger partial charge in [0.15, 0.2) is 0 Å². The van der Waals surface area contributed by atoms with Crippen molar-refractivity contribution < 1.29 is 19.1 Å². The van der Waals surface area contributed by atoms with E-state index < -0.39 is 12.0 Å². The summed E-state index contributed by atoms with van der Waals surface area (Å²) in [4.78, 5) is 44.5. The Morgan fingerprint density at radius 3 is 2.62 bits per heavy atom. The number of nitrogens with one attached hydrogen (secondary N) is 1. The van der Waals surface area contributed by atoms with E-state index in [2.05, 4.69) is 5.32 Å². The predicted molar refractivity (Wildman–Crippen MR) is 123 cm³/mol. The van der Waals surface area contributed by atoms with E-state index in [0.29, 0.717) is 42.8 Å². The van der Waals surface area contributed by atoms with Gasteiger partial charge in [0, 0.05) is 13.7 Å². The number of carbonyl (C=O) groups is 2. The first-order chi connectivity index (χ1) is 15.5. The number of unbranched alkanes of at least 4 members (excludes halogenated alkanes) is 1. The Morgan fingerprint density at radius 1 is 1.22 bits per heavy atom. The van der Waals surface area contributed by atoms with Gasteiger partial charge < -0.3 is 19.7 Å². The van der Waals surface area contributed by atoms with Gasteiger partial charge in [0.25, 0.3) is 5.56 Å². The van der Waals surface area contributed by atoms with Crippen molar-refractivity contribution in [2.24, 2.45) is 0 Å². The normalized spacial score (nSPS) is 11.9. The van der Waals surface area contributed by atoms with E-state index in [9.17, 15) is 14.4 Å². The standard InChI is InChI=1S/C23H34N4O5/c1-5-8-13-26(23(30)24-16-20(28)32-7-3)19(6-2)21-25-18-12-10-9-11-17(18)22(29)27(21)14-15-31-4/h9-12,19H,5-8,13-16H2,1-4H3,(H,24,30).